The lowest BCUT2D eigenvalue weighted by atomic mass is 9.80. The van der Waals surface area contributed by atoms with Crippen LogP contribution in [0.15, 0.2) is 107 Å². The van der Waals surface area contributed by atoms with Crippen LogP contribution in [0.25, 0.3) is 0 Å². The average Bonchev–Trinajstić information content (AvgIpc) is 3.42. The van der Waals surface area contributed by atoms with E-state index < -0.39 is 5.41 Å². The van der Waals surface area contributed by atoms with Gasteiger partial charge in [-0.05, 0) is 54.5 Å². The van der Waals surface area contributed by atoms with Crippen molar-refractivity contribution in [2.45, 2.75) is 32.7 Å². The third kappa shape index (κ3) is 3.67. The Morgan fingerprint density at radius 3 is 1.68 bits per heavy atom. The zero-order valence-electron chi connectivity index (χ0n) is 21.2. The summed E-state index contributed by atoms with van der Waals surface area (Å²) in [6, 6.07) is 27.6. The fraction of sp³-hybridized carbons (Fsp3) is 0.242. The first-order valence-electron chi connectivity index (χ1n) is 12.9. The zero-order valence-corrected chi connectivity index (χ0v) is 21.2. The molecule has 1 fully saturated rings. The number of rotatable bonds is 3. The van der Waals surface area contributed by atoms with Gasteiger partial charge in [-0.2, -0.15) is 0 Å². The molecule has 0 N–H and O–H groups in total. The minimum absolute atomic E-state index is 0.0457. The van der Waals surface area contributed by atoms with Gasteiger partial charge in [0.1, 0.15) is 5.41 Å². The molecule has 0 aromatic heterocycles. The summed E-state index contributed by atoms with van der Waals surface area (Å²) in [4.78, 5) is 43.2. The molecule has 37 heavy (non-hydrogen) atoms. The van der Waals surface area contributed by atoms with Gasteiger partial charge < -0.3 is 0 Å². The Balaban J connectivity index is 1.44. The number of ketones is 3. The highest BCUT2D eigenvalue weighted by Crippen LogP contribution is 2.54. The van der Waals surface area contributed by atoms with Crippen molar-refractivity contribution in [3.63, 3.8) is 0 Å². The van der Waals surface area contributed by atoms with Crippen LogP contribution in [0.1, 0.15) is 64.6 Å². The molecule has 0 bridgehead atoms. The highest BCUT2D eigenvalue weighted by Gasteiger charge is 2.57. The molecule has 184 valence electrons. The van der Waals surface area contributed by atoms with Gasteiger partial charge in [0, 0.05) is 17.7 Å². The second-order valence-corrected chi connectivity index (χ2v) is 10.6. The van der Waals surface area contributed by atoms with Crippen molar-refractivity contribution in [1.82, 2.24) is 4.90 Å². The lowest BCUT2D eigenvalue weighted by Crippen LogP contribution is -2.37. The quantitative estimate of drug-likeness (QED) is 0.416. The summed E-state index contributed by atoms with van der Waals surface area (Å²) < 4.78 is 0. The number of benzene rings is 3. The van der Waals surface area contributed by atoms with Crippen LogP contribution >= 0.6 is 0 Å². The third-order valence-electron chi connectivity index (χ3n) is 8.38. The first kappa shape index (κ1) is 23.5. The minimum atomic E-state index is -1.12. The van der Waals surface area contributed by atoms with Gasteiger partial charge in [0.2, 0.25) is 0 Å². The molecule has 4 heteroatoms. The number of fused-ring (bicyclic) bond motifs is 2. The first-order chi connectivity index (χ1) is 17.9. The van der Waals surface area contributed by atoms with Crippen molar-refractivity contribution in [3.05, 3.63) is 129 Å². The summed E-state index contributed by atoms with van der Waals surface area (Å²) in [5.41, 5.74) is 5.85. The van der Waals surface area contributed by atoms with Gasteiger partial charge in [-0.15, -0.1) is 0 Å². The van der Waals surface area contributed by atoms with Gasteiger partial charge >= 0.3 is 0 Å². The number of carbonyl (C=O) groups excluding carboxylic acids is 3. The third-order valence-corrected chi connectivity index (χ3v) is 8.38. The Kier molecular flexibility index (Phi) is 5.65. The molecule has 1 heterocycles. The van der Waals surface area contributed by atoms with Crippen LogP contribution in [-0.4, -0.2) is 35.3 Å². The molecule has 6 rings (SSSR count). The van der Waals surface area contributed by atoms with Crippen LogP contribution in [0.5, 0.6) is 0 Å². The van der Waals surface area contributed by atoms with Crippen molar-refractivity contribution >= 4 is 17.3 Å². The molecule has 0 saturated heterocycles. The molecule has 0 unspecified atom stereocenters. The Hall–Kier alpha value is -3.89. The highest BCUT2D eigenvalue weighted by molar-refractivity contribution is 6.30. The second-order valence-electron chi connectivity index (χ2n) is 10.6. The fourth-order valence-corrected chi connectivity index (χ4v) is 6.46. The van der Waals surface area contributed by atoms with E-state index >= 15 is 0 Å². The Bertz CT molecular complexity index is 1420. The largest absolute Gasteiger partial charge is 0.293 e. The molecule has 0 atom stereocenters. The molecule has 4 nitrogen and oxygen atoms in total. The molecule has 0 amide bonds. The smallest absolute Gasteiger partial charge is 0.178 e. The topological polar surface area (TPSA) is 54.5 Å². The van der Waals surface area contributed by atoms with Gasteiger partial charge in [0.15, 0.2) is 17.3 Å². The van der Waals surface area contributed by atoms with Gasteiger partial charge in [-0.1, -0.05) is 90.5 Å². The number of allylic oxidation sites excluding steroid dienone is 2. The van der Waals surface area contributed by atoms with Crippen molar-refractivity contribution < 1.29 is 14.4 Å². The summed E-state index contributed by atoms with van der Waals surface area (Å²) in [6.07, 6.45) is 0.671. The summed E-state index contributed by atoms with van der Waals surface area (Å²) >= 11 is 0. The van der Waals surface area contributed by atoms with Gasteiger partial charge in [-0.25, -0.2) is 0 Å². The fourth-order valence-electron chi connectivity index (χ4n) is 6.46. The monoisotopic (exact) mass is 487 g/mol. The van der Waals surface area contributed by atoms with E-state index in [0.717, 1.165) is 27.8 Å². The summed E-state index contributed by atoms with van der Waals surface area (Å²) in [5.74, 6) is -0.156. The maximum Gasteiger partial charge on any atom is 0.178 e. The molecular formula is C33H29NO3. The van der Waals surface area contributed by atoms with Crippen LogP contribution in [0, 0.1) is 5.41 Å². The second kappa shape index (κ2) is 8.89. The van der Waals surface area contributed by atoms with E-state index in [1.54, 1.807) is 12.1 Å². The Labute approximate surface area is 217 Å². The summed E-state index contributed by atoms with van der Waals surface area (Å²) in [7, 11) is 0. The maximum atomic E-state index is 13.7. The predicted octanol–water partition coefficient (Wildman–Crippen LogP) is 6.15. The van der Waals surface area contributed by atoms with E-state index in [1.165, 1.54) is 0 Å². The van der Waals surface area contributed by atoms with Crippen LogP contribution in [0.2, 0.25) is 0 Å². The SMILES string of the molecule is CC1=C2CC3(CC2=C(C)C(=O)CN(C(c2ccccc2)c2ccccc2)C1)C(=O)c1ccccc1C3=O. The molecule has 2 aliphatic carbocycles. The van der Waals surface area contributed by atoms with Crippen LogP contribution in [0.3, 0.4) is 0 Å². The van der Waals surface area contributed by atoms with E-state index in [-0.39, 0.29) is 29.9 Å². The first-order valence-corrected chi connectivity index (χ1v) is 12.9. The van der Waals surface area contributed by atoms with Crippen LogP contribution < -0.4 is 0 Å². The molecule has 1 saturated carbocycles. The van der Waals surface area contributed by atoms with Crippen molar-refractivity contribution in [3.8, 4) is 0 Å². The normalized spacial score (nSPS) is 19.5. The molecule has 0 radical (unpaired) electrons. The predicted molar refractivity (Wildman–Crippen MR) is 143 cm³/mol. The standard InChI is InChI=1S/C33H29NO3/c1-21-19-34(30(23-11-5-3-6-12-23)24-13-7-4-8-14-24)20-29(35)22(2)28-18-33(17-27(21)28)31(36)25-15-9-10-16-26(25)32(33)37/h3-16,30H,17-20H2,1-2H3. The number of hydrogen-bond acceptors (Lipinski definition) is 4. The Morgan fingerprint density at radius 1 is 0.649 bits per heavy atom. The molecule has 1 aliphatic heterocycles. The van der Waals surface area contributed by atoms with Crippen molar-refractivity contribution in [2.75, 3.05) is 13.1 Å². The highest BCUT2D eigenvalue weighted by atomic mass is 16.2. The molecule has 3 aliphatic rings. The van der Waals surface area contributed by atoms with E-state index in [0.29, 0.717) is 36.1 Å². The zero-order chi connectivity index (χ0) is 25.7. The van der Waals surface area contributed by atoms with Crippen molar-refractivity contribution in [1.29, 1.82) is 0 Å². The number of Topliss-reactive ketones (excluding diaryl/α,β-unsaturated/α-hetero) is 3. The van der Waals surface area contributed by atoms with Crippen LogP contribution in [0.4, 0.5) is 0 Å². The van der Waals surface area contributed by atoms with Gasteiger partial charge in [-0.3, -0.25) is 19.3 Å². The van der Waals surface area contributed by atoms with Crippen molar-refractivity contribution in [2.24, 2.45) is 5.41 Å². The molecular weight excluding hydrogens is 458 g/mol. The maximum absolute atomic E-state index is 13.7. The van der Waals surface area contributed by atoms with Gasteiger partial charge in [0.05, 0.1) is 12.6 Å². The van der Waals surface area contributed by atoms with Gasteiger partial charge in [0.25, 0.3) is 0 Å². The van der Waals surface area contributed by atoms with E-state index in [1.807, 2.05) is 55.5 Å². The summed E-state index contributed by atoms with van der Waals surface area (Å²) in [5, 5.41) is 0. The number of nitrogens with zero attached hydrogens (tertiary/aromatic N) is 1. The summed E-state index contributed by atoms with van der Waals surface area (Å²) in [6.45, 7) is 4.81. The minimum Gasteiger partial charge on any atom is -0.293 e. The van der Waals surface area contributed by atoms with E-state index in [9.17, 15) is 14.4 Å². The van der Waals surface area contributed by atoms with E-state index in [4.69, 9.17) is 0 Å². The molecule has 3 aromatic rings. The lowest BCUT2D eigenvalue weighted by Gasteiger charge is -2.34. The Morgan fingerprint density at radius 2 is 1.14 bits per heavy atom. The average molecular weight is 488 g/mol. The number of carbonyl (C=O) groups is 3. The molecule has 1 spiro atoms. The van der Waals surface area contributed by atoms with E-state index in [2.05, 4.69) is 36.1 Å². The lowest BCUT2D eigenvalue weighted by molar-refractivity contribution is -0.117. The number of hydrogen-bond donors (Lipinski definition) is 0. The van der Waals surface area contributed by atoms with Crippen LogP contribution in [-0.2, 0) is 4.79 Å². The molecule has 3 aromatic carbocycles.